The Kier molecular flexibility index (Phi) is 8.86. The van der Waals surface area contributed by atoms with E-state index in [4.69, 9.17) is 23.2 Å². The number of rotatable bonds is 6. The normalized spacial score (nSPS) is 16.0. The molecule has 0 unspecified atom stereocenters. The fraction of sp³-hybridized carbons (Fsp3) is 0.450. The number of carbonyl (C=O) groups is 3. The van der Waals surface area contributed by atoms with E-state index in [2.05, 4.69) is 10.1 Å². The molecule has 0 bridgehead atoms. The summed E-state index contributed by atoms with van der Waals surface area (Å²) in [5, 5.41) is 3.54. The van der Waals surface area contributed by atoms with Crippen LogP contribution in [-0.4, -0.2) is 55.2 Å². The number of thioether (sulfide) groups is 1. The van der Waals surface area contributed by atoms with E-state index >= 15 is 0 Å². The highest BCUT2D eigenvalue weighted by atomic mass is 35.5. The fourth-order valence-corrected chi connectivity index (χ4v) is 4.20. The molecule has 158 valence electrons. The smallest absolute Gasteiger partial charge is 0.328 e. The Hall–Kier alpha value is -1.70. The van der Waals surface area contributed by atoms with Gasteiger partial charge in [-0.05, 0) is 43.7 Å². The van der Waals surface area contributed by atoms with E-state index in [1.54, 1.807) is 17.9 Å². The van der Waals surface area contributed by atoms with Crippen molar-refractivity contribution < 1.29 is 19.1 Å². The summed E-state index contributed by atoms with van der Waals surface area (Å²) in [5.74, 6) is -1.06. The molecular weight excluding hydrogens is 435 g/mol. The third-order valence-electron chi connectivity index (χ3n) is 4.79. The van der Waals surface area contributed by atoms with Crippen LogP contribution in [0.1, 0.15) is 25.3 Å². The van der Waals surface area contributed by atoms with Gasteiger partial charge in [0.15, 0.2) is 0 Å². The lowest BCUT2D eigenvalue weighted by molar-refractivity contribution is -0.145. The first-order chi connectivity index (χ1) is 13.8. The molecule has 2 amide bonds. The molecule has 6 nitrogen and oxygen atoms in total. The van der Waals surface area contributed by atoms with Gasteiger partial charge in [-0.1, -0.05) is 29.3 Å². The predicted molar refractivity (Wildman–Crippen MR) is 116 cm³/mol. The minimum Gasteiger partial charge on any atom is -0.467 e. The van der Waals surface area contributed by atoms with Crippen LogP contribution < -0.4 is 5.32 Å². The van der Waals surface area contributed by atoms with Crippen LogP contribution in [0.3, 0.4) is 0 Å². The van der Waals surface area contributed by atoms with E-state index < -0.39 is 12.0 Å². The lowest BCUT2D eigenvalue weighted by Crippen LogP contribution is -2.46. The van der Waals surface area contributed by atoms with Crippen molar-refractivity contribution in [3.63, 3.8) is 0 Å². The second-order valence-corrected chi connectivity index (χ2v) is 8.28. The number of methoxy groups -OCH3 is 1. The maximum absolute atomic E-state index is 12.5. The molecule has 9 heteroatoms. The SMILES string of the molecule is COC(=O)[C@H](C)NC(=O)C1CCN(C(=O)/C=C/c2ccc(SC)c(Cl)c2Cl)CC1. The van der Waals surface area contributed by atoms with Gasteiger partial charge in [0.05, 0.1) is 17.2 Å². The summed E-state index contributed by atoms with van der Waals surface area (Å²) in [5.41, 5.74) is 0.675. The summed E-state index contributed by atoms with van der Waals surface area (Å²) in [7, 11) is 1.28. The number of amides is 2. The maximum atomic E-state index is 12.5. The van der Waals surface area contributed by atoms with Crippen LogP contribution in [0, 0.1) is 5.92 Å². The van der Waals surface area contributed by atoms with Crippen molar-refractivity contribution >= 4 is 58.8 Å². The van der Waals surface area contributed by atoms with Gasteiger partial charge in [0, 0.05) is 30.0 Å². The summed E-state index contributed by atoms with van der Waals surface area (Å²) < 4.78 is 4.61. The molecule has 1 aliphatic heterocycles. The predicted octanol–water partition coefficient (Wildman–Crippen LogP) is 3.64. The molecule has 0 spiro atoms. The van der Waals surface area contributed by atoms with Crippen molar-refractivity contribution in [1.82, 2.24) is 10.2 Å². The average Bonchev–Trinajstić information content (AvgIpc) is 2.73. The van der Waals surface area contributed by atoms with Crippen LogP contribution in [0.15, 0.2) is 23.1 Å². The van der Waals surface area contributed by atoms with Crippen molar-refractivity contribution in [3.05, 3.63) is 33.8 Å². The van der Waals surface area contributed by atoms with E-state index in [0.717, 1.165) is 4.90 Å². The molecular formula is C20H24Cl2N2O4S. The number of hydrogen-bond acceptors (Lipinski definition) is 5. The summed E-state index contributed by atoms with van der Waals surface area (Å²) in [6, 6.07) is 3.00. The molecule has 1 aromatic rings. The molecule has 0 radical (unpaired) electrons. The molecule has 0 aliphatic carbocycles. The first-order valence-corrected chi connectivity index (χ1v) is 11.1. The van der Waals surface area contributed by atoms with Crippen molar-refractivity contribution in [2.45, 2.75) is 30.7 Å². The molecule has 0 aromatic heterocycles. The van der Waals surface area contributed by atoms with Crippen LogP contribution in [0.5, 0.6) is 0 Å². The van der Waals surface area contributed by atoms with E-state index in [1.165, 1.54) is 24.9 Å². The third-order valence-corrected chi connectivity index (χ3v) is 6.58. The number of likely N-dealkylation sites (tertiary alicyclic amines) is 1. The van der Waals surface area contributed by atoms with Crippen LogP contribution in [-0.2, 0) is 19.1 Å². The summed E-state index contributed by atoms with van der Waals surface area (Å²) in [6.45, 7) is 2.51. The van der Waals surface area contributed by atoms with Crippen LogP contribution >= 0.6 is 35.0 Å². The monoisotopic (exact) mass is 458 g/mol. The minimum atomic E-state index is -0.691. The van der Waals surface area contributed by atoms with Gasteiger partial charge in [0.25, 0.3) is 0 Å². The van der Waals surface area contributed by atoms with Gasteiger partial charge >= 0.3 is 5.97 Å². The molecule has 1 aromatic carbocycles. The lowest BCUT2D eigenvalue weighted by atomic mass is 9.95. The van der Waals surface area contributed by atoms with Crippen molar-refractivity contribution in [3.8, 4) is 0 Å². The zero-order chi connectivity index (χ0) is 21.6. The molecule has 1 heterocycles. The quantitative estimate of drug-likeness (QED) is 0.400. The van der Waals surface area contributed by atoms with E-state index in [0.29, 0.717) is 41.5 Å². The number of benzene rings is 1. The standard InChI is InChI=1S/C20H24Cl2N2O4S/c1-12(20(27)28-2)23-19(26)14-8-10-24(11-9-14)16(25)7-5-13-4-6-15(29-3)18(22)17(13)21/h4-7,12,14H,8-11H2,1-3H3,(H,23,26)/b7-5+/t12-/m0/s1. The minimum absolute atomic E-state index is 0.145. The first-order valence-electron chi connectivity index (χ1n) is 9.15. The van der Waals surface area contributed by atoms with Crippen molar-refractivity contribution in [2.75, 3.05) is 26.5 Å². The number of esters is 1. The van der Waals surface area contributed by atoms with Crippen LogP contribution in [0.2, 0.25) is 10.0 Å². The van der Waals surface area contributed by atoms with Gasteiger partial charge in [0.2, 0.25) is 11.8 Å². The Labute approximate surface area is 184 Å². The van der Waals surface area contributed by atoms with Gasteiger partial charge in [-0.25, -0.2) is 4.79 Å². The first kappa shape index (κ1) is 23.6. The molecule has 1 atom stereocenters. The fourth-order valence-electron chi connectivity index (χ4n) is 3.03. The molecule has 0 saturated carbocycles. The van der Waals surface area contributed by atoms with E-state index in [9.17, 15) is 14.4 Å². The Morgan fingerprint density at radius 2 is 1.90 bits per heavy atom. The van der Waals surface area contributed by atoms with Gasteiger partial charge in [-0.2, -0.15) is 0 Å². The van der Waals surface area contributed by atoms with Gasteiger partial charge in [0.1, 0.15) is 6.04 Å². The Bertz CT molecular complexity index is 808. The van der Waals surface area contributed by atoms with E-state index in [-0.39, 0.29) is 17.7 Å². The Morgan fingerprint density at radius 1 is 1.24 bits per heavy atom. The number of nitrogens with one attached hydrogen (secondary N) is 1. The second-order valence-electron chi connectivity index (χ2n) is 6.67. The van der Waals surface area contributed by atoms with E-state index in [1.807, 2.05) is 18.4 Å². The third kappa shape index (κ3) is 6.14. The molecule has 1 fully saturated rings. The molecule has 1 saturated heterocycles. The van der Waals surface area contributed by atoms with Gasteiger partial charge in [-0.15, -0.1) is 11.8 Å². The van der Waals surface area contributed by atoms with Crippen molar-refractivity contribution in [1.29, 1.82) is 0 Å². The zero-order valence-corrected chi connectivity index (χ0v) is 18.9. The molecule has 2 rings (SSSR count). The zero-order valence-electron chi connectivity index (χ0n) is 16.5. The average molecular weight is 459 g/mol. The Balaban J connectivity index is 1.90. The Morgan fingerprint density at radius 3 is 2.48 bits per heavy atom. The lowest BCUT2D eigenvalue weighted by Gasteiger charge is -2.31. The maximum Gasteiger partial charge on any atom is 0.328 e. The number of nitrogens with zero attached hydrogens (tertiary/aromatic N) is 1. The van der Waals surface area contributed by atoms with Crippen LogP contribution in [0.25, 0.3) is 6.08 Å². The number of carbonyl (C=O) groups excluding carboxylic acids is 3. The number of ether oxygens (including phenoxy) is 1. The number of hydrogen-bond donors (Lipinski definition) is 1. The largest absolute Gasteiger partial charge is 0.467 e. The second kappa shape index (κ2) is 10.9. The van der Waals surface area contributed by atoms with Crippen molar-refractivity contribution in [2.24, 2.45) is 5.92 Å². The highest BCUT2D eigenvalue weighted by Crippen LogP contribution is 2.35. The summed E-state index contributed by atoms with van der Waals surface area (Å²) in [4.78, 5) is 38.7. The number of halogens is 2. The van der Waals surface area contributed by atoms with Gasteiger partial charge in [-0.3, -0.25) is 9.59 Å². The molecule has 1 aliphatic rings. The highest BCUT2D eigenvalue weighted by molar-refractivity contribution is 7.98. The topological polar surface area (TPSA) is 75.7 Å². The van der Waals surface area contributed by atoms with Gasteiger partial charge < -0.3 is 15.0 Å². The summed E-state index contributed by atoms with van der Waals surface area (Å²) >= 11 is 14.0. The number of piperidine rings is 1. The highest BCUT2D eigenvalue weighted by Gasteiger charge is 2.28. The van der Waals surface area contributed by atoms with Crippen LogP contribution in [0.4, 0.5) is 0 Å². The molecule has 1 N–H and O–H groups in total. The molecule has 29 heavy (non-hydrogen) atoms. The summed E-state index contributed by atoms with van der Waals surface area (Å²) in [6.07, 6.45) is 6.10.